The highest BCUT2D eigenvalue weighted by atomic mass is 28.3. The fraction of sp³-hybridized carbons (Fsp3) is 0.514. The van der Waals surface area contributed by atoms with Gasteiger partial charge in [-0.25, -0.2) is 9.57 Å². The van der Waals surface area contributed by atoms with E-state index < -0.39 is 14.0 Å². The second-order valence-electron chi connectivity index (χ2n) is 13.7. The van der Waals surface area contributed by atoms with Crippen LogP contribution < -0.4 is 30.6 Å². The van der Waals surface area contributed by atoms with Gasteiger partial charge in [-0.05, 0) is 105 Å². The van der Waals surface area contributed by atoms with E-state index in [-0.39, 0.29) is 17.5 Å². The summed E-state index contributed by atoms with van der Waals surface area (Å²) in [6, 6.07) is 10.5. The molecule has 218 valence electrons. The fourth-order valence-electron chi connectivity index (χ4n) is 8.25. The molecule has 1 unspecified atom stereocenters. The Kier molecular flexibility index (Phi) is 7.25. The van der Waals surface area contributed by atoms with Crippen LogP contribution in [0.2, 0.25) is 11.6 Å². The minimum absolute atomic E-state index is 0.0781. The van der Waals surface area contributed by atoms with Crippen LogP contribution in [0, 0.1) is 0 Å². The number of rotatable bonds is 7. The Balaban J connectivity index is 1.90. The molecule has 1 atom stereocenters. The van der Waals surface area contributed by atoms with Gasteiger partial charge in [0.2, 0.25) is 5.36 Å². The Morgan fingerprint density at radius 3 is 2.29 bits per heavy atom. The minimum Gasteiger partial charge on any atom is -0.481 e. The molecule has 2 aromatic rings. The molecule has 3 aliphatic heterocycles. The van der Waals surface area contributed by atoms with Crippen LogP contribution in [0.15, 0.2) is 41.4 Å². The number of carboxylic acids is 1. The highest BCUT2D eigenvalue weighted by Crippen LogP contribution is 2.42. The molecule has 0 fully saturated rings. The molecular weight excluding hydrogens is 522 g/mol. The van der Waals surface area contributed by atoms with Gasteiger partial charge in [-0.3, -0.25) is 4.79 Å². The first-order valence-corrected chi connectivity index (χ1v) is 17.7. The maximum Gasteiger partial charge on any atom is 0.303 e. The molecule has 0 bridgehead atoms. The number of allylic oxidation sites excluding steroid dienone is 2. The molecule has 3 heterocycles. The average molecular weight is 571 g/mol. The van der Waals surface area contributed by atoms with Crippen LogP contribution in [0.3, 0.4) is 0 Å². The molecule has 0 aromatic heterocycles. The van der Waals surface area contributed by atoms with E-state index in [2.05, 4.69) is 115 Å². The lowest BCUT2D eigenvalue weighted by Crippen LogP contribution is -2.68. The lowest BCUT2D eigenvalue weighted by Gasteiger charge is -2.45. The van der Waals surface area contributed by atoms with Gasteiger partial charge in [0.25, 0.3) is 0 Å². The van der Waals surface area contributed by atoms with E-state index in [1.54, 1.807) is 0 Å². The first kappa shape index (κ1) is 29.5. The van der Waals surface area contributed by atoms with Crippen LogP contribution >= 0.6 is 0 Å². The monoisotopic (exact) mass is 570 g/mol. The van der Waals surface area contributed by atoms with Crippen LogP contribution in [-0.2, 0) is 4.79 Å². The molecule has 0 amide bonds. The summed E-state index contributed by atoms with van der Waals surface area (Å²) in [6.45, 7) is 24.7. The van der Waals surface area contributed by atoms with Gasteiger partial charge in [-0.15, -0.1) is 0 Å². The van der Waals surface area contributed by atoms with Gasteiger partial charge in [0.15, 0.2) is 5.54 Å². The van der Waals surface area contributed by atoms with E-state index in [0.29, 0.717) is 12.0 Å². The molecule has 2 aromatic carbocycles. The second kappa shape index (κ2) is 10.1. The van der Waals surface area contributed by atoms with Gasteiger partial charge in [-0.2, -0.15) is 0 Å². The molecule has 5 nitrogen and oxygen atoms in total. The molecule has 0 radical (unpaired) electrons. The van der Waals surface area contributed by atoms with Crippen LogP contribution in [0.1, 0.15) is 93.2 Å². The molecule has 6 heteroatoms. The third-order valence-corrected chi connectivity index (χ3v) is 15.8. The number of benzene rings is 2. The summed E-state index contributed by atoms with van der Waals surface area (Å²) in [4.78, 5) is 19.7. The van der Waals surface area contributed by atoms with Crippen LogP contribution in [0.4, 0.5) is 11.4 Å². The first-order valence-electron chi connectivity index (χ1n) is 15.4. The Morgan fingerprint density at radius 1 is 1.00 bits per heavy atom. The van der Waals surface area contributed by atoms with Crippen molar-refractivity contribution in [3.8, 4) is 0 Å². The number of hydrogen-bond donors (Lipinski definition) is 1. The summed E-state index contributed by atoms with van der Waals surface area (Å²) in [7, 11) is -2.46. The predicted octanol–water partition coefficient (Wildman–Crippen LogP) is 5.52. The van der Waals surface area contributed by atoms with Gasteiger partial charge in [0.05, 0.1) is 22.1 Å². The molecule has 1 N–H and O–H groups in total. The van der Waals surface area contributed by atoms with Gasteiger partial charge in [0.1, 0.15) is 14.6 Å². The first-order chi connectivity index (χ1) is 19.2. The SMILES string of the molecule is CCN1c2cc3c(cc2C(C)=CC1(C)C)N=c1cc2c(cc1[Si]3(CCCC(=O)O)C(C)C)=[N+](CC)C(C)(C)C=C2C. The number of hydrogen-bond acceptors (Lipinski definition) is 3. The molecule has 5 rings (SSSR count). The Hall–Kier alpha value is -2.99. The lowest BCUT2D eigenvalue weighted by atomic mass is 9.88. The van der Waals surface area contributed by atoms with Crippen molar-refractivity contribution in [2.75, 3.05) is 18.0 Å². The summed E-state index contributed by atoms with van der Waals surface area (Å²) < 4.78 is 2.52. The number of anilines is 1. The maximum atomic E-state index is 11.7. The number of nitrogens with zero attached hydrogens (tertiary/aromatic N) is 3. The Bertz CT molecular complexity index is 1630. The van der Waals surface area contributed by atoms with E-state index in [1.165, 1.54) is 43.7 Å². The van der Waals surface area contributed by atoms with E-state index in [9.17, 15) is 9.90 Å². The van der Waals surface area contributed by atoms with Crippen molar-refractivity contribution in [2.45, 2.75) is 105 Å². The topological polar surface area (TPSA) is 55.9 Å². The zero-order chi connectivity index (χ0) is 30.1. The summed E-state index contributed by atoms with van der Waals surface area (Å²) in [5, 5.41) is 14.8. The van der Waals surface area contributed by atoms with Crippen molar-refractivity contribution in [1.82, 2.24) is 4.58 Å². The molecule has 0 spiro atoms. The molecule has 3 aliphatic rings. The zero-order valence-electron chi connectivity index (χ0n) is 26.8. The van der Waals surface area contributed by atoms with Crippen molar-refractivity contribution in [1.29, 1.82) is 0 Å². The minimum atomic E-state index is -2.46. The smallest absolute Gasteiger partial charge is 0.303 e. The summed E-state index contributed by atoms with van der Waals surface area (Å²) in [5.41, 5.74) is 7.73. The van der Waals surface area contributed by atoms with E-state index >= 15 is 0 Å². The van der Waals surface area contributed by atoms with Crippen molar-refractivity contribution >= 4 is 46.9 Å². The van der Waals surface area contributed by atoms with Crippen molar-refractivity contribution in [2.24, 2.45) is 4.99 Å². The number of carbonyl (C=O) groups is 1. The van der Waals surface area contributed by atoms with Crippen LogP contribution in [0.5, 0.6) is 0 Å². The van der Waals surface area contributed by atoms with E-state index in [4.69, 9.17) is 4.99 Å². The zero-order valence-corrected chi connectivity index (χ0v) is 27.8. The van der Waals surface area contributed by atoms with Gasteiger partial charge in [-0.1, -0.05) is 19.9 Å². The second-order valence-corrected chi connectivity index (χ2v) is 18.4. The third kappa shape index (κ3) is 4.53. The lowest BCUT2D eigenvalue weighted by molar-refractivity contribution is -0.137. The molecule has 41 heavy (non-hydrogen) atoms. The average Bonchev–Trinajstić information content (AvgIpc) is 2.86. The van der Waals surface area contributed by atoms with Crippen molar-refractivity contribution < 1.29 is 9.90 Å². The standard InChI is InChI=1S/C35H47N3O2Si/c1-11-37-29-18-31-27(16-25(29)23(5)20-34(37,7)8)36-28-17-26-24(6)21-35(9,10)38(12-2)30(26)19-32(28)41(31,22(3)4)15-13-14-33(39)40/h16-22H,11-15H2,1-10H3/p+1. The summed E-state index contributed by atoms with van der Waals surface area (Å²) in [5.74, 6) is -0.714. The highest BCUT2D eigenvalue weighted by molar-refractivity contribution is 7.04. The van der Waals surface area contributed by atoms with Crippen LogP contribution in [-0.4, -0.2) is 43.3 Å². The van der Waals surface area contributed by atoms with Gasteiger partial charge >= 0.3 is 5.97 Å². The van der Waals surface area contributed by atoms with E-state index in [0.717, 1.165) is 30.2 Å². The normalized spacial score (nSPS) is 21.7. The third-order valence-electron chi connectivity index (χ3n) is 9.97. The number of fused-ring (bicyclic) bond motifs is 4. The molecule has 0 saturated carbocycles. The van der Waals surface area contributed by atoms with E-state index in [1.807, 2.05) is 0 Å². The molecule has 0 saturated heterocycles. The van der Waals surface area contributed by atoms with Crippen LogP contribution in [0.25, 0.3) is 11.1 Å². The van der Waals surface area contributed by atoms with Crippen molar-refractivity contribution in [3.05, 3.63) is 58.3 Å². The van der Waals surface area contributed by atoms with Gasteiger partial charge < -0.3 is 10.0 Å². The Labute approximate surface area is 247 Å². The fourth-order valence-corrected chi connectivity index (χ4v) is 13.6. The van der Waals surface area contributed by atoms with Gasteiger partial charge in [0, 0.05) is 44.1 Å². The summed E-state index contributed by atoms with van der Waals surface area (Å²) in [6.07, 6.45) is 5.64. The molecular formula is C35H48N3O2Si+. The number of aliphatic carboxylic acids is 1. The number of carboxylic acid groups (broad SMARTS) is 1. The predicted molar refractivity (Wildman–Crippen MR) is 175 cm³/mol. The highest BCUT2D eigenvalue weighted by Gasteiger charge is 2.47. The maximum absolute atomic E-state index is 11.7. The Morgan fingerprint density at radius 2 is 1.68 bits per heavy atom. The largest absolute Gasteiger partial charge is 0.481 e. The summed E-state index contributed by atoms with van der Waals surface area (Å²) >= 11 is 0. The molecule has 0 aliphatic carbocycles. The van der Waals surface area contributed by atoms with Crippen molar-refractivity contribution in [3.63, 3.8) is 0 Å². The number of likely N-dealkylation sites (N-methyl/N-ethyl adjacent to an activating group) is 2. The quantitative estimate of drug-likeness (QED) is 0.353.